The summed E-state index contributed by atoms with van der Waals surface area (Å²) >= 11 is 0. The number of hydrogen-bond donors (Lipinski definition) is 0. The predicted octanol–water partition coefficient (Wildman–Crippen LogP) is 3.25. The van der Waals surface area contributed by atoms with Crippen molar-refractivity contribution in [3.05, 3.63) is 12.2 Å². The Morgan fingerprint density at radius 3 is 2.67 bits per heavy atom. The summed E-state index contributed by atoms with van der Waals surface area (Å²) in [4.78, 5) is 0. The molecule has 0 saturated heterocycles. The molecule has 0 radical (unpaired) electrons. The first-order valence-electron chi connectivity index (χ1n) is 4.76. The van der Waals surface area contributed by atoms with Crippen LogP contribution in [0.15, 0.2) is 12.2 Å². The Kier molecular flexibility index (Phi) is 2.98. The zero-order chi connectivity index (χ0) is 9.14. The summed E-state index contributed by atoms with van der Waals surface area (Å²) < 4.78 is 0. The van der Waals surface area contributed by atoms with E-state index < -0.39 is 0 Å². The quantitative estimate of drug-likeness (QED) is 0.410. The maximum atomic E-state index is 5.50. The van der Waals surface area contributed by atoms with Crippen molar-refractivity contribution in [2.75, 3.05) is 0 Å². The van der Waals surface area contributed by atoms with E-state index in [2.05, 4.69) is 26.3 Å². The van der Waals surface area contributed by atoms with Crippen LogP contribution in [0.5, 0.6) is 0 Å². The monoisotopic (exact) mass is 162 g/mol. The lowest BCUT2D eigenvalue weighted by molar-refractivity contribution is 0.265. The van der Waals surface area contributed by atoms with E-state index in [9.17, 15) is 0 Å². The highest BCUT2D eigenvalue weighted by atomic mass is 14.3. The molecule has 1 aliphatic carbocycles. The van der Waals surface area contributed by atoms with E-state index in [1.165, 1.54) is 24.8 Å². The van der Waals surface area contributed by atoms with Crippen molar-refractivity contribution in [2.24, 2.45) is 17.8 Å². The van der Waals surface area contributed by atoms with Crippen LogP contribution in [0.3, 0.4) is 0 Å². The van der Waals surface area contributed by atoms with Crippen molar-refractivity contribution < 1.29 is 0 Å². The average Bonchev–Trinajstić information content (AvgIpc) is 2.03. The van der Waals surface area contributed by atoms with Gasteiger partial charge in [-0.3, -0.25) is 0 Å². The Morgan fingerprint density at radius 1 is 1.50 bits per heavy atom. The largest absolute Gasteiger partial charge is 0.120 e. The van der Waals surface area contributed by atoms with Crippen LogP contribution in [-0.2, 0) is 0 Å². The van der Waals surface area contributed by atoms with Crippen LogP contribution in [0.2, 0.25) is 0 Å². The maximum Gasteiger partial charge on any atom is 0.0267 e. The molecule has 0 heterocycles. The van der Waals surface area contributed by atoms with Crippen molar-refractivity contribution in [1.29, 1.82) is 0 Å². The van der Waals surface area contributed by atoms with Crippen LogP contribution < -0.4 is 0 Å². The molecule has 0 aliphatic heterocycles. The molecule has 0 aromatic carbocycles. The third-order valence-electron chi connectivity index (χ3n) is 2.96. The Balaban J connectivity index is 2.64. The standard InChI is InChI=1S/C12H18/c1-5-11-8-10(4)6-7-12(11)9(2)3/h1,10-12H,2,6-8H2,3-4H3/t10-,11?,12?/m1/s1. The molecular weight excluding hydrogens is 144 g/mol. The second-order valence-electron chi connectivity index (χ2n) is 4.14. The Bertz CT molecular complexity index is 207. The van der Waals surface area contributed by atoms with Crippen LogP contribution in [0.1, 0.15) is 33.1 Å². The summed E-state index contributed by atoms with van der Waals surface area (Å²) in [5.74, 6) is 4.75. The van der Waals surface area contributed by atoms with Gasteiger partial charge in [-0.1, -0.05) is 25.5 Å². The SMILES string of the molecule is C#CC1C[C@H](C)CCC1C(=C)C. The molecule has 66 valence electrons. The van der Waals surface area contributed by atoms with Gasteiger partial charge in [0.2, 0.25) is 0 Å². The van der Waals surface area contributed by atoms with Gasteiger partial charge < -0.3 is 0 Å². The molecule has 0 N–H and O–H groups in total. The summed E-state index contributed by atoms with van der Waals surface area (Å²) in [6.07, 6.45) is 9.25. The van der Waals surface area contributed by atoms with Crippen molar-refractivity contribution in [1.82, 2.24) is 0 Å². The minimum absolute atomic E-state index is 0.450. The van der Waals surface area contributed by atoms with E-state index in [1.807, 2.05) is 0 Å². The summed E-state index contributed by atoms with van der Waals surface area (Å²) in [6, 6.07) is 0. The zero-order valence-electron chi connectivity index (χ0n) is 8.14. The second-order valence-corrected chi connectivity index (χ2v) is 4.14. The number of allylic oxidation sites excluding steroid dienone is 1. The molecule has 1 aliphatic rings. The van der Waals surface area contributed by atoms with E-state index in [0.29, 0.717) is 11.8 Å². The molecular formula is C12H18. The Morgan fingerprint density at radius 2 is 2.17 bits per heavy atom. The lowest BCUT2D eigenvalue weighted by Gasteiger charge is -2.32. The first kappa shape index (κ1) is 9.39. The molecule has 2 unspecified atom stereocenters. The first-order chi connectivity index (χ1) is 5.65. The smallest absolute Gasteiger partial charge is 0.0267 e. The zero-order valence-corrected chi connectivity index (χ0v) is 8.14. The van der Waals surface area contributed by atoms with E-state index in [-0.39, 0.29) is 0 Å². The fraction of sp³-hybridized carbons (Fsp3) is 0.667. The molecule has 0 aromatic heterocycles. The number of terminal acetylenes is 1. The molecule has 0 spiro atoms. The highest BCUT2D eigenvalue weighted by molar-refractivity contribution is 5.09. The molecule has 0 aromatic rings. The highest BCUT2D eigenvalue weighted by Gasteiger charge is 2.27. The number of hydrogen-bond acceptors (Lipinski definition) is 0. The van der Waals surface area contributed by atoms with Gasteiger partial charge in [0, 0.05) is 5.92 Å². The van der Waals surface area contributed by atoms with Crippen molar-refractivity contribution in [3.8, 4) is 12.3 Å². The molecule has 0 amide bonds. The second kappa shape index (κ2) is 3.81. The normalized spacial score (nSPS) is 35.6. The minimum atomic E-state index is 0.450. The van der Waals surface area contributed by atoms with Gasteiger partial charge in [0.1, 0.15) is 0 Å². The lowest BCUT2D eigenvalue weighted by atomic mass is 9.72. The van der Waals surface area contributed by atoms with Crippen molar-refractivity contribution in [2.45, 2.75) is 33.1 Å². The predicted molar refractivity (Wildman–Crippen MR) is 53.6 cm³/mol. The minimum Gasteiger partial charge on any atom is -0.120 e. The van der Waals surface area contributed by atoms with Crippen LogP contribution in [0.4, 0.5) is 0 Å². The summed E-state index contributed by atoms with van der Waals surface area (Å²) in [5.41, 5.74) is 1.27. The molecule has 0 nitrogen and oxygen atoms in total. The molecule has 12 heavy (non-hydrogen) atoms. The van der Waals surface area contributed by atoms with Gasteiger partial charge in [-0.2, -0.15) is 0 Å². The molecule has 1 rings (SSSR count). The molecule has 0 heteroatoms. The van der Waals surface area contributed by atoms with Crippen LogP contribution >= 0.6 is 0 Å². The van der Waals surface area contributed by atoms with E-state index >= 15 is 0 Å². The van der Waals surface area contributed by atoms with E-state index in [1.54, 1.807) is 0 Å². The first-order valence-corrected chi connectivity index (χ1v) is 4.76. The van der Waals surface area contributed by atoms with Crippen LogP contribution in [0, 0.1) is 30.1 Å². The number of rotatable bonds is 1. The Labute approximate surface area is 76.1 Å². The molecule has 1 fully saturated rings. The fourth-order valence-corrected chi connectivity index (χ4v) is 2.15. The average molecular weight is 162 g/mol. The lowest BCUT2D eigenvalue weighted by Crippen LogP contribution is -2.23. The van der Waals surface area contributed by atoms with Crippen molar-refractivity contribution in [3.63, 3.8) is 0 Å². The summed E-state index contributed by atoms with van der Waals surface area (Å²) in [7, 11) is 0. The molecule has 3 atom stereocenters. The summed E-state index contributed by atoms with van der Waals surface area (Å²) in [6.45, 7) is 8.40. The highest BCUT2D eigenvalue weighted by Crippen LogP contribution is 2.36. The van der Waals surface area contributed by atoms with Gasteiger partial charge in [0.15, 0.2) is 0 Å². The Hall–Kier alpha value is -0.700. The van der Waals surface area contributed by atoms with Gasteiger partial charge in [-0.25, -0.2) is 0 Å². The third-order valence-corrected chi connectivity index (χ3v) is 2.96. The van der Waals surface area contributed by atoms with Crippen LogP contribution in [-0.4, -0.2) is 0 Å². The summed E-state index contributed by atoms with van der Waals surface area (Å²) in [5, 5.41) is 0. The third kappa shape index (κ3) is 1.91. The van der Waals surface area contributed by atoms with E-state index in [4.69, 9.17) is 6.42 Å². The van der Waals surface area contributed by atoms with Gasteiger partial charge in [0.25, 0.3) is 0 Å². The molecule has 0 bridgehead atoms. The topological polar surface area (TPSA) is 0 Å². The fourth-order valence-electron chi connectivity index (χ4n) is 2.15. The maximum absolute atomic E-state index is 5.50. The molecule has 1 saturated carbocycles. The van der Waals surface area contributed by atoms with Gasteiger partial charge >= 0.3 is 0 Å². The van der Waals surface area contributed by atoms with E-state index in [0.717, 1.165) is 5.92 Å². The van der Waals surface area contributed by atoms with Crippen molar-refractivity contribution >= 4 is 0 Å². The van der Waals surface area contributed by atoms with Gasteiger partial charge in [0.05, 0.1) is 0 Å². The van der Waals surface area contributed by atoms with Gasteiger partial charge in [-0.15, -0.1) is 12.3 Å². The van der Waals surface area contributed by atoms with Crippen LogP contribution in [0.25, 0.3) is 0 Å². The van der Waals surface area contributed by atoms with Gasteiger partial charge in [-0.05, 0) is 31.6 Å².